The average molecular weight is 449 g/mol. The molecule has 3 unspecified atom stereocenters. The Balaban J connectivity index is 1.75. The van der Waals surface area contributed by atoms with Crippen LogP contribution < -0.4 is 14.8 Å². The van der Waals surface area contributed by atoms with Crippen molar-refractivity contribution in [2.75, 3.05) is 18.1 Å². The van der Waals surface area contributed by atoms with E-state index in [1.807, 2.05) is 25.1 Å². The Morgan fingerprint density at radius 1 is 1.26 bits per heavy atom. The van der Waals surface area contributed by atoms with Crippen LogP contribution in [0, 0.1) is 18.7 Å². The summed E-state index contributed by atoms with van der Waals surface area (Å²) in [5.74, 6) is -0.0499. The first-order valence-corrected chi connectivity index (χ1v) is 12.1. The molecule has 6 nitrogen and oxygen atoms in total. The highest BCUT2D eigenvalue weighted by atomic mass is 32.2. The van der Waals surface area contributed by atoms with Gasteiger partial charge >= 0.3 is 0 Å². The first-order valence-electron chi connectivity index (χ1n) is 10.2. The number of methoxy groups -OCH3 is 1. The number of anilines is 1. The third kappa shape index (κ3) is 5.18. The van der Waals surface area contributed by atoms with E-state index in [2.05, 4.69) is 10.0 Å². The molecule has 168 valence electrons. The topological polar surface area (TPSA) is 84.5 Å². The Bertz CT molecular complexity index is 1100. The molecule has 2 aromatic carbocycles. The Kier molecular flexibility index (Phi) is 6.59. The number of halogens is 1. The Labute approximate surface area is 183 Å². The molecule has 31 heavy (non-hydrogen) atoms. The standard InChI is InChI=1S/C23H29FN2O4S/c1-13-10-20(21(24)12-22(13)26-31(5,28)29)15(3)25-23(27)19-8-6-16-11-17(30-4)7-9-18(16)14(19)2/h7,9-12,14-15,19,26H,6,8H2,1-5H3,(H,25,27). The molecule has 2 N–H and O–H groups in total. The summed E-state index contributed by atoms with van der Waals surface area (Å²) in [7, 11) is -1.88. The van der Waals surface area contributed by atoms with E-state index in [1.165, 1.54) is 5.56 Å². The zero-order chi connectivity index (χ0) is 22.9. The first kappa shape index (κ1) is 23.1. The number of fused-ring (bicyclic) bond motifs is 1. The lowest BCUT2D eigenvalue weighted by Gasteiger charge is -2.31. The van der Waals surface area contributed by atoms with E-state index in [1.54, 1.807) is 27.0 Å². The van der Waals surface area contributed by atoms with Gasteiger partial charge in [0.25, 0.3) is 0 Å². The third-order valence-corrected chi connectivity index (χ3v) is 6.56. The minimum Gasteiger partial charge on any atom is -0.497 e. The molecule has 0 saturated heterocycles. The van der Waals surface area contributed by atoms with E-state index >= 15 is 0 Å². The molecular weight excluding hydrogens is 419 g/mol. The molecule has 1 aliphatic rings. The second-order valence-electron chi connectivity index (χ2n) is 8.29. The highest BCUT2D eigenvalue weighted by Crippen LogP contribution is 2.38. The van der Waals surface area contributed by atoms with Gasteiger partial charge in [-0.3, -0.25) is 9.52 Å². The van der Waals surface area contributed by atoms with Crippen molar-refractivity contribution in [2.45, 2.75) is 45.6 Å². The van der Waals surface area contributed by atoms with Crippen LogP contribution in [0.25, 0.3) is 0 Å². The fourth-order valence-electron chi connectivity index (χ4n) is 4.25. The number of carbonyl (C=O) groups is 1. The summed E-state index contributed by atoms with van der Waals surface area (Å²) in [6.07, 6.45) is 2.50. The summed E-state index contributed by atoms with van der Waals surface area (Å²) in [6.45, 7) is 5.46. The van der Waals surface area contributed by atoms with Crippen LogP contribution in [0.4, 0.5) is 10.1 Å². The van der Waals surface area contributed by atoms with Crippen molar-refractivity contribution in [3.8, 4) is 5.75 Å². The van der Waals surface area contributed by atoms with Gasteiger partial charge in [0.15, 0.2) is 0 Å². The molecule has 1 aliphatic carbocycles. The van der Waals surface area contributed by atoms with Gasteiger partial charge in [-0.2, -0.15) is 0 Å². The number of hydrogen-bond acceptors (Lipinski definition) is 4. The highest BCUT2D eigenvalue weighted by Gasteiger charge is 2.32. The molecule has 0 aromatic heterocycles. The highest BCUT2D eigenvalue weighted by molar-refractivity contribution is 7.92. The molecule has 0 bridgehead atoms. The van der Waals surface area contributed by atoms with Crippen molar-refractivity contribution in [3.63, 3.8) is 0 Å². The van der Waals surface area contributed by atoms with E-state index < -0.39 is 21.9 Å². The Hall–Kier alpha value is -2.61. The van der Waals surface area contributed by atoms with Gasteiger partial charge in [0, 0.05) is 11.5 Å². The van der Waals surface area contributed by atoms with Crippen LogP contribution in [0.3, 0.4) is 0 Å². The Morgan fingerprint density at radius 2 is 1.97 bits per heavy atom. The van der Waals surface area contributed by atoms with Crippen LogP contribution in [-0.2, 0) is 21.2 Å². The number of amides is 1. The summed E-state index contributed by atoms with van der Waals surface area (Å²) < 4.78 is 45.2. The first-order chi connectivity index (χ1) is 14.5. The molecule has 1 amide bonds. The number of benzene rings is 2. The van der Waals surface area contributed by atoms with Crippen LogP contribution in [-0.4, -0.2) is 27.7 Å². The second-order valence-corrected chi connectivity index (χ2v) is 10.0. The minimum absolute atomic E-state index is 0.0368. The number of sulfonamides is 1. The zero-order valence-electron chi connectivity index (χ0n) is 18.5. The largest absolute Gasteiger partial charge is 0.497 e. The van der Waals surface area contributed by atoms with Crippen LogP contribution in [0.2, 0.25) is 0 Å². The lowest BCUT2D eigenvalue weighted by Crippen LogP contribution is -2.37. The van der Waals surface area contributed by atoms with Crippen molar-refractivity contribution in [1.29, 1.82) is 0 Å². The molecule has 3 rings (SSSR count). The third-order valence-electron chi connectivity index (χ3n) is 5.97. The summed E-state index contributed by atoms with van der Waals surface area (Å²) in [5.41, 5.74) is 3.42. The van der Waals surface area contributed by atoms with E-state index in [-0.39, 0.29) is 23.4 Å². The summed E-state index contributed by atoms with van der Waals surface area (Å²) >= 11 is 0. The van der Waals surface area contributed by atoms with Crippen molar-refractivity contribution in [2.24, 2.45) is 5.92 Å². The number of aryl methyl sites for hydroxylation is 2. The monoisotopic (exact) mass is 448 g/mol. The number of carbonyl (C=O) groups excluding carboxylic acids is 1. The predicted molar refractivity (Wildman–Crippen MR) is 119 cm³/mol. The van der Waals surface area contributed by atoms with Gasteiger partial charge in [-0.25, -0.2) is 12.8 Å². The molecule has 2 aromatic rings. The number of ether oxygens (including phenoxy) is 1. The minimum atomic E-state index is -3.51. The molecule has 0 aliphatic heterocycles. The SMILES string of the molecule is COc1ccc2c(c1)CCC(C(=O)NC(C)c1cc(C)c(NS(C)(=O)=O)cc1F)C2C. The molecule has 0 saturated carbocycles. The molecule has 0 radical (unpaired) electrons. The maximum absolute atomic E-state index is 14.7. The number of nitrogens with one attached hydrogen (secondary N) is 2. The summed E-state index contributed by atoms with van der Waals surface area (Å²) in [5, 5.41) is 2.94. The maximum atomic E-state index is 14.7. The second kappa shape index (κ2) is 8.86. The summed E-state index contributed by atoms with van der Waals surface area (Å²) in [4.78, 5) is 13.0. The van der Waals surface area contributed by atoms with Crippen LogP contribution in [0.15, 0.2) is 30.3 Å². The lowest BCUT2D eigenvalue weighted by molar-refractivity contribution is -0.126. The smallest absolute Gasteiger partial charge is 0.229 e. The predicted octanol–water partition coefficient (Wildman–Crippen LogP) is 4.06. The van der Waals surface area contributed by atoms with E-state index in [0.717, 1.165) is 30.1 Å². The van der Waals surface area contributed by atoms with E-state index in [0.29, 0.717) is 17.5 Å². The van der Waals surface area contributed by atoms with Crippen LogP contribution in [0.5, 0.6) is 5.75 Å². The van der Waals surface area contributed by atoms with Crippen LogP contribution >= 0.6 is 0 Å². The molecule has 0 heterocycles. The Morgan fingerprint density at radius 3 is 2.61 bits per heavy atom. The molecule has 8 heteroatoms. The van der Waals surface area contributed by atoms with Crippen molar-refractivity contribution in [3.05, 3.63) is 58.4 Å². The molecule has 3 atom stereocenters. The number of rotatable bonds is 6. The van der Waals surface area contributed by atoms with E-state index in [9.17, 15) is 17.6 Å². The fourth-order valence-corrected chi connectivity index (χ4v) is 4.87. The van der Waals surface area contributed by atoms with E-state index in [4.69, 9.17) is 4.74 Å². The summed E-state index contributed by atoms with van der Waals surface area (Å²) in [6, 6.07) is 8.11. The van der Waals surface area contributed by atoms with Gasteiger partial charge in [-0.15, -0.1) is 0 Å². The lowest BCUT2D eigenvalue weighted by atomic mass is 9.75. The average Bonchev–Trinajstić information content (AvgIpc) is 2.69. The van der Waals surface area contributed by atoms with Gasteiger partial charge in [-0.05, 0) is 73.6 Å². The molecular formula is C23H29FN2O4S. The number of hydrogen-bond donors (Lipinski definition) is 2. The van der Waals surface area contributed by atoms with Crippen molar-refractivity contribution < 1.29 is 22.3 Å². The molecule has 0 spiro atoms. The normalized spacial score (nSPS) is 19.3. The molecule has 0 fully saturated rings. The quantitative estimate of drug-likeness (QED) is 0.698. The van der Waals surface area contributed by atoms with Gasteiger partial charge in [0.1, 0.15) is 11.6 Å². The van der Waals surface area contributed by atoms with Gasteiger partial charge in [-0.1, -0.05) is 13.0 Å². The van der Waals surface area contributed by atoms with Gasteiger partial charge in [0.2, 0.25) is 15.9 Å². The van der Waals surface area contributed by atoms with Crippen molar-refractivity contribution >= 4 is 21.6 Å². The van der Waals surface area contributed by atoms with Gasteiger partial charge in [0.05, 0.1) is 25.1 Å². The maximum Gasteiger partial charge on any atom is 0.229 e. The zero-order valence-corrected chi connectivity index (χ0v) is 19.3. The van der Waals surface area contributed by atoms with Gasteiger partial charge < -0.3 is 10.1 Å². The van der Waals surface area contributed by atoms with Crippen LogP contribution in [0.1, 0.15) is 54.5 Å². The van der Waals surface area contributed by atoms with Crippen molar-refractivity contribution in [1.82, 2.24) is 5.32 Å². The fraction of sp³-hybridized carbons (Fsp3) is 0.435.